The third-order valence-corrected chi connectivity index (χ3v) is 5.13. The Labute approximate surface area is 148 Å². The van der Waals surface area contributed by atoms with Gasteiger partial charge < -0.3 is 9.64 Å². The highest BCUT2D eigenvalue weighted by Gasteiger charge is 2.25. The van der Waals surface area contributed by atoms with Gasteiger partial charge >= 0.3 is 0 Å². The Kier molecular flexibility index (Phi) is 5.11. The summed E-state index contributed by atoms with van der Waals surface area (Å²) in [4.78, 5) is 15.1. The third-order valence-electron chi connectivity index (χ3n) is 3.95. The fourth-order valence-electron chi connectivity index (χ4n) is 2.81. The summed E-state index contributed by atoms with van der Waals surface area (Å²) in [6.45, 7) is 2.39. The lowest BCUT2D eigenvalue weighted by Gasteiger charge is -2.21. The number of carbonyl (C=O) groups is 1. The molecule has 1 amide bonds. The molecule has 2 aromatic carbocycles. The van der Waals surface area contributed by atoms with Crippen LogP contribution >= 0.6 is 11.3 Å². The number of hydrogen-bond acceptors (Lipinski definition) is 3. The molecule has 0 unspecified atom stereocenters. The zero-order chi connectivity index (χ0) is 18.0. The topological polar surface area (TPSA) is 29.5 Å². The number of rotatable bonds is 5. The smallest absolute Gasteiger partial charge is 0.268 e. The summed E-state index contributed by atoms with van der Waals surface area (Å²) in [6, 6.07) is 10.5. The second-order valence-corrected chi connectivity index (χ2v) is 6.53. The van der Waals surface area contributed by atoms with Crippen LogP contribution in [-0.4, -0.2) is 19.6 Å². The lowest BCUT2D eigenvalue weighted by molar-refractivity contribution is 0.0988. The molecule has 25 heavy (non-hydrogen) atoms. The number of fused-ring (bicyclic) bond motifs is 1. The molecule has 0 aliphatic carbocycles. The van der Waals surface area contributed by atoms with E-state index >= 15 is 0 Å². The molecule has 1 aromatic heterocycles. The van der Waals surface area contributed by atoms with Crippen LogP contribution in [0.1, 0.15) is 22.2 Å². The molecule has 3 aromatic rings. The van der Waals surface area contributed by atoms with Crippen molar-refractivity contribution in [3.63, 3.8) is 0 Å². The van der Waals surface area contributed by atoms with Gasteiger partial charge in [-0.2, -0.15) is 0 Å². The molecule has 0 atom stereocenters. The molecule has 0 N–H and O–H groups in total. The highest BCUT2D eigenvalue weighted by molar-refractivity contribution is 7.21. The molecular formula is C19H17F2NO2S. The minimum Gasteiger partial charge on any atom is -0.380 e. The molecule has 0 bridgehead atoms. The first-order chi connectivity index (χ1) is 12.1. The molecular weight excluding hydrogens is 344 g/mol. The molecule has 0 radical (unpaired) electrons. The number of nitrogens with zero attached hydrogens (tertiary/aromatic N) is 1. The first-order valence-electron chi connectivity index (χ1n) is 7.83. The molecule has 6 heteroatoms. The van der Waals surface area contributed by atoms with E-state index in [0.29, 0.717) is 32.8 Å². The van der Waals surface area contributed by atoms with Crippen molar-refractivity contribution < 1.29 is 18.3 Å². The molecule has 0 fully saturated rings. The van der Waals surface area contributed by atoms with Crippen LogP contribution in [0.25, 0.3) is 10.1 Å². The largest absolute Gasteiger partial charge is 0.380 e. The number of carbonyl (C=O) groups excluding carboxylic acids is 1. The van der Waals surface area contributed by atoms with E-state index in [2.05, 4.69) is 0 Å². The summed E-state index contributed by atoms with van der Waals surface area (Å²) in [5.74, 6) is -0.984. The van der Waals surface area contributed by atoms with Crippen LogP contribution in [0.2, 0.25) is 0 Å². The van der Waals surface area contributed by atoms with E-state index < -0.39 is 0 Å². The van der Waals surface area contributed by atoms with E-state index in [4.69, 9.17) is 4.74 Å². The van der Waals surface area contributed by atoms with Crippen molar-refractivity contribution in [2.75, 3.05) is 18.6 Å². The van der Waals surface area contributed by atoms with Gasteiger partial charge in [-0.05, 0) is 43.3 Å². The summed E-state index contributed by atoms with van der Waals surface area (Å²) in [5, 5.41) is 0.424. The van der Waals surface area contributed by atoms with Gasteiger partial charge in [0.25, 0.3) is 5.91 Å². The van der Waals surface area contributed by atoms with Gasteiger partial charge in [-0.3, -0.25) is 4.79 Å². The van der Waals surface area contributed by atoms with Gasteiger partial charge in [0.05, 0.1) is 11.5 Å². The fraction of sp³-hybridized carbons (Fsp3) is 0.211. The number of halogens is 2. The van der Waals surface area contributed by atoms with E-state index in [-0.39, 0.29) is 24.1 Å². The van der Waals surface area contributed by atoms with Gasteiger partial charge in [-0.25, -0.2) is 8.78 Å². The van der Waals surface area contributed by atoms with E-state index in [1.165, 1.54) is 36.6 Å². The molecule has 1 heterocycles. The van der Waals surface area contributed by atoms with E-state index in [1.54, 1.807) is 29.2 Å². The van der Waals surface area contributed by atoms with Crippen molar-refractivity contribution in [2.45, 2.75) is 13.5 Å². The maximum atomic E-state index is 14.3. The summed E-state index contributed by atoms with van der Waals surface area (Å²) >= 11 is 1.24. The molecule has 3 rings (SSSR count). The minimum absolute atomic E-state index is 0.142. The Morgan fingerprint density at radius 2 is 1.88 bits per heavy atom. The van der Waals surface area contributed by atoms with Crippen LogP contribution in [0, 0.1) is 11.6 Å². The Balaban J connectivity index is 2.10. The predicted octanol–water partition coefficient (Wildman–Crippen LogP) is 4.99. The Morgan fingerprint density at radius 3 is 2.52 bits per heavy atom. The number of anilines is 1. The predicted molar refractivity (Wildman–Crippen MR) is 96.2 cm³/mol. The van der Waals surface area contributed by atoms with E-state index in [1.807, 2.05) is 6.92 Å². The van der Waals surface area contributed by atoms with Crippen LogP contribution in [-0.2, 0) is 11.3 Å². The maximum absolute atomic E-state index is 14.3. The number of ether oxygens (including phenoxy) is 1. The van der Waals surface area contributed by atoms with Crippen LogP contribution in [0.3, 0.4) is 0 Å². The Bertz CT molecular complexity index is 906. The fourth-order valence-corrected chi connectivity index (χ4v) is 3.98. The second-order valence-electron chi connectivity index (χ2n) is 5.48. The lowest BCUT2D eigenvalue weighted by atomic mass is 10.1. The molecule has 0 aliphatic heterocycles. The minimum atomic E-state index is -0.371. The summed E-state index contributed by atoms with van der Waals surface area (Å²) in [6.07, 6.45) is 0. The zero-order valence-electron chi connectivity index (χ0n) is 13.9. The number of thiophene rings is 1. The summed E-state index contributed by atoms with van der Waals surface area (Å²) in [7, 11) is 1.51. The van der Waals surface area contributed by atoms with Crippen LogP contribution in [0.4, 0.5) is 14.5 Å². The summed E-state index contributed by atoms with van der Waals surface area (Å²) < 4.78 is 33.3. The first kappa shape index (κ1) is 17.5. The molecule has 3 nitrogen and oxygen atoms in total. The first-order valence-corrected chi connectivity index (χ1v) is 8.64. The number of amides is 1. The normalized spacial score (nSPS) is 11.0. The summed E-state index contributed by atoms with van der Waals surface area (Å²) in [5.41, 5.74) is 1.14. The van der Waals surface area contributed by atoms with Gasteiger partial charge in [-0.1, -0.05) is 6.07 Å². The Hall–Kier alpha value is -2.31. The molecule has 130 valence electrons. The van der Waals surface area contributed by atoms with Gasteiger partial charge in [0.2, 0.25) is 0 Å². The van der Waals surface area contributed by atoms with Gasteiger partial charge in [0.15, 0.2) is 0 Å². The Morgan fingerprint density at radius 1 is 1.16 bits per heavy atom. The number of hydrogen-bond donors (Lipinski definition) is 0. The molecule has 0 spiro atoms. The highest BCUT2D eigenvalue weighted by Crippen LogP contribution is 2.35. The van der Waals surface area contributed by atoms with E-state index in [9.17, 15) is 13.6 Å². The number of methoxy groups -OCH3 is 1. The van der Waals surface area contributed by atoms with Gasteiger partial charge in [0.1, 0.15) is 11.6 Å². The van der Waals surface area contributed by atoms with Crippen molar-refractivity contribution >= 4 is 33.0 Å². The van der Waals surface area contributed by atoms with Crippen LogP contribution in [0.15, 0.2) is 42.5 Å². The SMILES string of the molecule is CCN(C(=O)c1sc2cccc(F)c2c1COC)c1ccc(F)cc1. The van der Waals surface area contributed by atoms with Crippen LogP contribution in [0.5, 0.6) is 0 Å². The molecule has 0 saturated heterocycles. The zero-order valence-corrected chi connectivity index (χ0v) is 14.7. The van der Waals surface area contributed by atoms with Crippen LogP contribution < -0.4 is 4.90 Å². The average molecular weight is 361 g/mol. The molecule has 0 saturated carbocycles. The standard InChI is InChI=1S/C19H17F2NO2S/c1-3-22(13-9-7-12(20)8-10-13)19(23)18-14(11-24-2)17-15(21)5-4-6-16(17)25-18/h4-10H,3,11H2,1-2H3. The monoisotopic (exact) mass is 361 g/mol. The average Bonchev–Trinajstić information content (AvgIpc) is 2.97. The molecule has 0 aliphatic rings. The second kappa shape index (κ2) is 7.29. The van der Waals surface area contributed by atoms with Gasteiger partial charge in [0, 0.05) is 35.0 Å². The van der Waals surface area contributed by atoms with Gasteiger partial charge in [-0.15, -0.1) is 11.3 Å². The maximum Gasteiger partial charge on any atom is 0.268 e. The number of benzene rings is 2. The highest BCUT2D eigenvalue weighted by atomic mass is 32.1. The third kappa shape index (κ3) is 3.27. The quantitative estimate of drug-likeness (QED) is 0.640. The van der Waals surface area contributed by atoms with Crippen molar-refractivity contribution in [1.29, 1.82) is 0 Å². The lowest BCUT2D eigenvalue weighted by Crippen LogP contribution is -2.30. The van der Waals surface area contributed by atoms with E-state index in [0.717, 1.165) is 0 Å². The van der Waals surface area contributed by atoms with Crippen molar-refractivity contribution in [3.05, 3.63) is 64.5 Å². The van der Waals surface area contributed by atoms with Crippen molar-refractivity contribution in [3.8, 4) is 0 Å². The van der Waals surface area contributed by atoms with Crippen molar-refractivity contribution in [2.24, 2.45) is 0 Å². The van der Waals surface area contributed by atoms with Crippen molar-refractivity contribution in [1.82, 2.24) is 0 Å².